The fraction of sp³-hybridized carbons (Fsp3) is 0.333. The largest absolute Gasteiger partial charge is 0.326 e. The van der Waals surface area contributed by atoms with E-state index in [2.05, 4.69) is 31.2 Å². The molecule has 0 aliphatic carbocycles. The van der Waals surface area contributed by atoms with Crippen LogP contribution in [0.2, 0.25) is 6.04 Å². The third kappa shape index (κ3) is 2.48. The first-order chi connectivity index (χ1) is 5.36. The highest BCUT2D eigenvalue weighted by Gasteiger charge is 1.91. The van der Waals surface area contributed by atoms with Crippen molar-refractivity contribution in [3.05, 3.63) is 29.8 Å². The van der Waals surface area contributed by atoms with Crippen LogP contribution < -0.4 is 10.9 Å². The summed E-state index contributed by atoms with van der Waals surface area (Å²) in [6, 6.07) is 10.1. The van der Waals surface area contributed by atoms with Crippen LogP contribution >= 0.6 is 0 Å². The van der Waals surface area contributed by atoms with Crippen molar-refractivity contribution in [2.45, 2.75) is 19.5 Å². The third-order valence-corrected chi connectivity index (χ3v) is 3.35. The molecule has 0 unspecified atom stereocenters. The van der Waals surface area contributed by atoms with E-state index in [1.54, 1.807) is 5.19 Å². The smallest absolute Gasteiger partial charge is 0.0544 e. The van der Waals surface area contributed by atoms with E-state index in [1.807, 2.05) is 0 Å². The van der Waals surface area contributed by atoms with Gasteiger partial charge in [0.1, 0.15) is 0 Å². The molecule has 0 heterocycles. The molecule has 2 heteroatoms. The molecule has 0 saturated carbocycles. The number of hydrogen-bond acceptors (Lipinski definition) is 1. The van der Waals surface area contributed by atoms with E-state index in [-0.39, 0.29) is 9.52 Å². The van der Waals surface area contributed by atoms with E-state index in [1.165, 1.54) is 11.6 Å². The molecule has 0 saturated heterocycles. The number of rotatable bonds is 3. The summed E-state index contributed by atoms with van der Waals surface area (Å²) < 4.78 is 0. The van der Waals surface area contributed by atoms with Gasteiger partial charge in [-0.15, -0.1) is 0 Å². The Hall–Kier alpha value is -0.603. The van der Waals surface area contributed by atoms with Crippen LogP contribution in [0.15, 0.2) is 24.3 Å². The van der Waals surface area contributed by atoms with Gasteiger partial charge in [0.15, 0.2) is 0 Å². The second kappa shape index (κ2) is 4.31. The van der Waals surface area contributed by atoms with E-state index in [9.17, 15) is 0 Å². The summed E-state index contributed by atoms with van der Waals surface area (Å²) >= 11 is 0. The lowest BCUT2D eigenvalue weighted by atomic mass is 10.2. The van der Waals surface area contributed by atoms with Gasteiger partial charge in [0.2, 0.25) is 0 Å². The molecule has 0 fully saturated rings. The number of nitrogens with two attached hydrogens (primary N) is 1. The van der Waals surface area contributed by atoms with E-state index in [0.29, 0.717) is 6.54 Å². The molecule has 1 nitrogen and oxygen atoms in total. The minimum absolute atomic E-state index is 0.0345. The topological polar surface area (TPSA) is 26.0 Å². The van der Waals surface area contributed by atoms with Crippen LogP contribution in [-0.4, -0.2) is 9.52 Å². The van der Waals surface area contributed by atoms with Gasteiger partial charge in [0.05, 0.1) is 9.52 Å². The number of hydrogen-bond donors (Lipinski definition) is 1. The van der Waals surface area contributed by atoms with Gasteiger partial charge in [-0.2, -0.15) is 0 Å². The Kier molecular flexibility index (Phi) is 3.33. The third-order valence-electron chi connectivity index (χ3n) is 1.80. The summed E-state index contributed by atoms with van der Waals surface area (Å²) in [6.45, 7) is 2.91. The lowest BCUT2D eigenvalue weighted by Crippen LogP contribution is -2.12. The van der Waals surface area contributed by atoms with Crippen molar-refractivity contribution in [3.63, 3.8) is 0 Å². The van der Waals surface area contributed by atoms with Crippen LogP contribution in [0.1, 0.15) is 12.5 Å². The number of benzene rings is 1. The van der Waals surface area contributed by atoms with E-state index >= 15 is 0 Å². The Labute approximate surface area is 70.4 Å². The molecule has 0 atom stereocenters. The Morgan fingerprint density at radius 3 is 2.36 bits per heavy atom. The molecule has 0 spiro atoms. The molecular formula is C9H15NSi. The highest BCUT2D eigenvalue weighted by Crippen LogP contribution is 1.94. The summed E-state index contributed by atoms with van der Waals surface area (Å²) in [4.78, 5) is 0. The fourth-order valence-electron chi connectivity index (χ4n) is 1.13. The quantitative estimate of drug-likeness (QED) is 0.644. The molecule has 1 aromatic rings. The molecule has 2 N–H and O–H groups in total. The first kappa shape index (κ1) is 8.49. The van der Waals surface area contributed by atoms with Gasteiger partial charge in [-0.3, -0.25) is 0 Å². The average molecular weight is 165 g/mol. The average Bonchev–Trinajstić information content (AvgIpc) is 2.07. The predicted molar refractivity (Wildman–Crippen MR) is 53.0 cm³/mol. The van der Waals surface area contributed by atoms with Crippen molar-refractivity contribution < 1.29 is 0 Å². The zero-order chi connectivity index (χ0) is 8.10. The maximum absolute atomic E-state index is 5.49. The van der Waals surface area contributed by atoms with Crippen molar-refractivity contribution in [2.24, 2.45) is 5.73 Å². The normalized spacial score (nSPS) is 11.1. The van der Waals surface area contributed by atoms with Gasteiger partial charge in [0, 0.05) is 6.54 Å². The van der Waals surface area contributed by atoms with Gasteiger partial charge in [-0.25, -0.2) is 0 Å². The second-order valence-corrected chi connectivity index (χ2v) is 5.09. The Morgan fingerprint density at radius 2 is 1.91 bits per heavy atom. The molecule has 11 heavy (non-hydrogen) atoms. The zero-order valence-electron chi connectivity index (χ0n) is 7.01. The highest BCUT2D eigenvalue weighted by molar-refractivity contribution is 6.53. The lowest BCUT2D eigenvalue weighted by molar-refractivity contribution is 1.07. The molecular weight excluding hydrogens is 150 g/mol. The van der Waals surface area contributed by atoms with Crippen LogP contribution in [0, 0.1) is 0 Å². The van der Waals surface area contributed by atoms with Crippen molar-refractivity contribution in [1.29, 1.82) is 0 Å². The maximum Gasteiger partial charge on any atom is 0.0544 e. The molecule has 0 radical (unpaired) electrons. The molecule has 0 aliphatic rings. The summed E-state index contributed by atoms with van der Waals surface area (Å²) in [7, 11) is 0.0345. The van der Waals surface area contributed by atoms with Gasteiger partial charge >= 0.3 is 0 Å². The van der Waals surface area contributed by atoms with Crippen LogP contribution in [-0.2, 0) is 6.54 Å². The minimum Gasteiger partial charge on any atom is -0.326 e. The lowest BCUT2D eigenvalue weighted by Gasteiger charge is -1.99. The molecule has 0 aromatic heterocycles. The van der Waals surface area contributed by atoms with Crippen LogP contribution in [0.5, 0.6) is 0 Å². The van der Waals surface area contributed by atoms with Crippen molar-refractivity contribution in [1.82, 2.24) is 0 Å². The van der Waals surface area contributed by atoms with Crippen LogP contribution in [0.3, 0.4) is 0 Å². The monoisotopic (exact) mass is 165 g/mol. The van der Waals surface area contributed by atoms with Crippen LogP contribution in [0.25, 0.3) is 0 Å². The first-order valence-electron chi connectivity index (χ1n) is 4.14. The standard InChI is InChI=1S/C9H15NSi/c1-2-11-9-5-3-8(7-10)4-6-9/h3-6H,2,7,10-11H2,1H3. The maximum atomic E-state index is 5.49. The van der Waals surface area contributed by atoms with E-state index < -0.39 is 0 Å². The van der Waals surface area contributed by atoms with Crippen LogP contribution in [0.4, 0.5) is 0 Å². The second-order valence-electron chi connectivity index (χ2n) is 2.77. The Morgan fingerprint density at radius 1 is 1.27 bits per heavy atom. The first-order valence-corrected chi connectivity index (χ1v) is 5.85. The molecule has 1 aromatic carbocycles. The zero-order valence-corrected chi connectivity index (χ0v) is 8.42. The molecule has 1 rings (SSSR count). The predicted octanol–water partition coefficient (Wildman–Crippen LogP) is 0.378. The summed E-state index contributed by atoms with van der Waals surface area (Å²) in [5.74, 6) is 0. The molecule has 0 amide bonds. The van der Waals surface area contributed by atoms with Gasteiger partial charge in [-0.05, 0) is 5.56 Å². The summed E-state index contributed by atoms with van der Waals surface area (Å²) in [5, 5.41) is 1.55. The SMILES string of the molecule is CC[SiH2]c1ccc(CN)cc1. The fourth-order valence-corrected chi connectivity index (χ4v) is 2.28. The van der Waals surface area contributed by atoms with Crippen molar-refractivity contribution in [2.75, 3.05) is 0 Å². The molecule has 0 aliphatic heterocycles. The van der Waals surface area contributed by atoms with Gasteiger partial charge in [0.25, 0.3) is 0 Å². The van der Waals surface area contributed by atoms with Crippen molar-refractivity contribution in [3.8, 4) is 0 Å². The summed E-state index contributed by atoms with van der Waals surface area (Å²) in [6.07, 6.45) is 0. The Balaban J connectivity index is 2.66. The van der Waals surface area contributed by atoms with Gasteiger partial charge < -0.3 is 5.73 Å². The molecule has 60 valence electrons. The van der Waals surface area contributed by atoms with E-state index in [0.717, 1.165) is 0 Å². The van der Waals surface area contributed by atoms with Crippen molar-refractivity contribution >= 4 is 14.7 Å². The Bertz CT molecular complexity index is 205. The van der Waals surface area contributed by atoms with Gasteiger partial charge in [-0.1, -0.05) is 42.4 Å². The minimum atomic E-state index is 0.0345. The highest BCUT2D eigenvalue weighted by atomic mass is 28.2. The van der Waals surface area contributed by atoms with E-state index in [4.69, 9.17) is 5.73 Å². The molecule has 0 bridgehead atoms. The summed E-state index contributed by atoms with van der Waals surface area (Å²) in [5.41, 5.74) is 6.72.